The molecule has 21 heavy (non-hydrogen) atoms. The molecule has 1 fully saturated rings. The second-order valence-electron chi connectivity index (χ2n) is 5.76. The third-order valence-electron chi connectivity index (χ3n) is 4.22. The lowest BCUT2D eigenvalue weighted by Crippen LogP contribution is -2.48. The first-order valence-corrected chi connectivity index (χ1v) is 8.49. The highest BCUT2D eigenvalue weighted by atomic mass is 32.2. The number of nitrogens with zero attached hydrogens (tertiary/aromatic N) is 1. The first-order valence-electron chi connectivity index (χ1n) is 7.05. The van der Waals surface area contributed by atoms with Gasteiger partial charge in [0, 0.05) is 25.2 Å². The molecule has 2 heterocycles. The second-order valence-corrected chi connectivity index (χ2v) is 7.67. The molecule has 2 N–H and O–H groups in total. The summed E-state index contributed by atoms with van der Waals surface area (Å²) in [5.74, 6) is 1.24. The molecule has 7 heteroatoms. The normalized spacial score (nSPS) is 26.0. The summed E-state index contributed by atoms with van der Waals surface area (Å²) in [6.45, 7) is 4.81. The molecule has 6 nitrogen and oxygen atoms in total. The van der Waals surface area contributed by atoms with Crippen molar-refractivity contribution < 1.29 is 17.9 Å². The minimum atomic E-state index is -3.53. The van der Waals surface area contributed by atoms with Crippen LogP contribution in [0.25, 0.3) is 0 Å². The van der Waals surface area contributed by atoms with Crippen molar-refractivity contribution in [2.45, 2.75) is 31.2 Å². The van der Waals surface area contributed by atoms with Gasteiger partial charge in [-0.1, -0.05) is 6.92 Å². The Morgan fingerprint density at radius 2 is 1.95 bits per heavy atom. The van der Waals surface area contributed by atoms with Crippen molar-refractivity contribution in [1.82, 2.24) is 4.31 Å². The molecule has 2 aliphatic rings. The Balaban J connectivity index is 1.95. The summed E-state index contributed by atoms with van der Waals surface area (Å²) in [5.41, 5.74) is 6.64. The third kappa shape index (κ3) is 2.49. The van der Waals surface area contributed by atoms with Gasteiger partial charge in [0.25, 0.3) is 0 Å². The molecule has 2 aliphatic heterocycles. The maximum atomic E-state index is 12.8. The highest BCUT2D eigenvalue weighted by Crippen LogP contribution is 2.37. The topological polar surface area (TPSA) is 81.9 Å². The zero-order valence-corrected chi connectivity index (χ0v) is 13.0. The molecule has 0 saturated carbocycles. The molecule has 2 unspecified atom stereocenters. The molecular formula is C14H20N2O4S. The lowest BCUT2D eigenvalue weighted by molar-refractivity contribution is 0.174. The number of ether oxygens (including phenoxy) is 2. The Morgan fingerprint density at radius 1 is 1.29 bits per heavy atom. The average Bonchev–Trinajstić information content (AvgIpc) is 2.87. The predicted molar refractivity (Wildman–Crippen MR) is 77.8 cm³/mol. The van der Waals surface area contributed by atoms with Gasteiger partial charge in [-0.2, -0.15) is 4.31 Å². The highest BCUT2D eigenvalue weighted by Gasteiger charge is 2.34. The first kappa shape index (κ1) is 14.6. The Kier molecular flexibility index (Phi) is 3.59. The number of piperidine rings is 1. The molecule has 0 radical (unpaired) electrons. The summed E-state index contributed by atoms with van der Waals surface area (Å²) in [6.07, 6.45) is 0.685. The molecule has 0 aliphatic carbocycles. The highest BCUT2D eigenvalue weighted by molar-refractivity contribution is 7.89. The molecule has 1 aromatic carbocycles. The SMILES string of the molecule is Cc1cc2c(cc1S(=O)(=O)N1CCC(N)C(C)C1)OCO2. The van der Waals surface area contributed by atoms with Crippen molar-refractivity contribution in [1.29, 1.82) is 0 Å². The van der Waals surface area contributed by atoms with E-state index in [1.165, 1.54) is 4.31 Å². The van der Waals surface area contributed by atoms with Crippen LogP contribution in [0, 0.1) is 12.8 Å². The van der Waals surface area contributed by atoms with Gasteiger partial charge >= 0.3 is 0 Å². The zero-order valence-electron chi connectivity index (χ0n) is 12.2. The number of nitrogens with two attached hydrogens (primary N) is 1. The van der Waals surface area contributed by atoms with Gasteiger partial charge in [-0.3, -0.25) is 0 Å². The van der Waals surface area contributed by atoms with E-state index in [0.29, 0.717) is 36.6 Å². The van der Waals surface area contributed by atoms with Gasteiger partial charge in [0.2, 0.25) is 16.8 Å². The Hall–Kier alpha value is -1.31. The van der Waals surface area contributed by atoms with E-state index < -0.39 is 10.0 Å². The van der Waals surface area contributed by atoms with E-state index in [2.05, 4.69) is 0 Å². The first-order chi connectivity index (χ1) is 9.89. The molecule has 0 spiro atoms. The third-order valence-corrected chi connectivity index (χ3v) is 6.23. The summed E-state index contributed by atoms with van der Waals surface area (Å²) < 4.78 is 37.8. The van der Waals surface area contributed by atoms with Gasteiger partial charge in [-0.25, -0.2) is 8.42 Å². The van der Waals surface area contributed by atoms with Crippen LogP contribution >= 0.6 is 0 Å². The van der Waals surface area contributed by atoms with E-state index in [9.17, 15) is 8.42 Å². The maximum Gasteiger partial charge on any atom is 0.243 e. The molecule has 0 aromatic heterocycles. The van der Waals surface area contributed by atoms with Crippen molar-refractivity contribution in [3.63, 3.8) is 0 Å². The number of hydrogen-bond donors (Lipinski definition) is 1. The van der Waals surface area contributed by atoms with Gasteiger partial charge in [0.1, 0.15) is 0 Å². The fourth-order valence-corrected chi connectivity index (χ4v) is 4.56. The number of aryl methyl sites for hydroxylation is 1. The monoisotopic (exact) mass is 312 g/mol. The molecule has 0 amide bonds. The fourth-order valence-electron chi connectivity index (χ4n) is 2.79. The van der Waals surface area contributed by atoms with Crippen LogP contribution in [0.15, 0.2) is 17.0 Å². The zero-order chi connectivity index (χ0) is 15.2. The van der Waals surface area contributed by atoms with Crippen LogP contribution in [0.2, 0.25) is 0 Å². The number of hydrogen-bond acceptors (Lipinski definition) is 5. The van der Waals surface area contributed by atoms with Crippen LogP contribution < -0.4 is 15.2 Å². The summed E-state index contributed by atoms with van der Waals surface area (Å²) >= 11 is 0. The van der Waals surface area contributed by atoms with Gasteiger partial charge in [-0.05, 0) is 30.9 Å². The van der Waals surface area contributed by atoms with Crippen LogP contribution in [0.3, 0.4) is 0 Å². The molecule has 1 aromatic rings. The van der Waals surface area contributed by atoms with Crippen molar-refractivity contribution >= 4 is 10.0 Å². The van der Waals surface area contributed by atoms with Crippen LogP contribution in [0.4, 0.5) is 0 Å². The smallest absolute Gasteiger partial charge is 0.243 e. The summed E-state index contributed by atoms with van der Waals surface area (Å²) in [5, 5.41) is 0. The van der Waals surface area contributed by atoms with Gasteiger partial charge in [-0.15, -0.1) is 0 Å². The van der Waals surface area contributed by atoms with Crippen LogP contribution in [0.5, 0.6) is 11.5 Å². The van der Waals surface area contributed by atoms with Gasteiger partial charge in [0.05, 0.1) is 4.90 Å². The molecular weight excluding hydrogens is 292 g/mol. The largest absolute Gasteiger partial charge is 0.454 e. The van der Waals surface area contributed by atoms with Crippen molar-refractivity contribution in [2.75, 3.05) is 19.9 Å². The van der Waals surface area contributed by atoms with Gasteiger partial charge in [0.15, 0.2) is 11.5 Å². The lowest BCUT2D eigenvalue weighted by Gasteiger charge is -2.34. The predicted octanol–water partition coefficient (Wildman–Crippen LogP) is 1.08. The van der Waals surface area contributed by atoms with Gasteiger partial charge < -0.3 is 15.2 Å². The van der Waals surface area contributed by atoms with E-state index in [1.54, 1.807) is 19.1 Å². The standard InChI is InChI=1S/C14H20N2O4S/c1-9-5-12-13(20-8-19-12)6-14(9)21(17,18)16-4-3-11(15)10(2)7-16/h5-6,10-11H,3-4,7-8,15H2,1-2H3. The van der Waals surface area contributed by atoms with Crippen LogP contribution in [-0.4, -0.2) is 38.6 Å². The van der Waals surface area contributed by atoms with Crippen LogP contribution in [0.1, 0.15) is 18.9 Å². The number of rotatable bonds is 2. The number of benzene rings is 1. The summed E-state index contributed by atoms with van der Waals surface area (Å²) in [7, 11) is -3.53. The Labute approximate surface area is 124 Å². The second kappa shape index (κ2) is 5.15. The average molecular weight is 312 g/mol. The van der Waals surface area contributed by atoms with E-state index in [1.807, 2.05) is 6.92 Å². The minimum absolute atomic E-state index is 0.0642. The molecule has 0 bridgehead atoms. The van der Waals surface area contributed by atoms with Crippen molar-refractivity contribution in [3.8, 4) is 11.5 Å². The minimum Gasteiger partial charge on any atom is -0.454 e. The van der Waals surface area contributed by atoms with E-state index in [0.717, 1.165) is 0 Å². The molecule has 1 saturated heterocycles. The fraction of sp³-hybridized carbons (Fsp3) is 0.571. The molecule has 2 atom stereocenters. The van der Waals surface area contributed by atoms with Crippen molar-refractivity contribution in [3.05, 3.63) is 17.7 Å². The number of fused-ring (bicyclic) bond motifs is 1. The maximum absolute atomic E-state index is 12.8. The lowest BCUT2D eigenvalue weighted by atomic mass is 9.96. The summed E-state index contributed by atoms with van der Waals surface area (Å²) in [6, 6.07) is 3.34. The quantitative estimate of drug-likeness (QED) is 0.884. The van der Waals surface area contributed by atoms with E-state index >= 15 is 0 Å². The number of sulfonamides is 1. The molecule has 116 valence electrons. The molecule has 3 rings (SSSR count). The summed E-state index contributed by atoms with van der Waals surface area (Å²) in [4.78, 5) is 0.287. The van der Waals surface area contributed by atoms with Crippen LogP contribution in [-0.2, 0) is 10.0 Å². The Bertz CT molecular complexity index is 659. The van der Waals surface area contributed by atoms with E-state index in [-0.39, 0.29) is 23.6 Å². The van der Waals surface area contributed by atoms with Crippen molar-refractivity contribution in [2.24, 2.45) is 11.7 Å². The Morgan fingerprint density at radius 3 is 2.62 bits per heavy atom. The van der Waals surface area contributed by atoms with E-state index in [4.69, 9.17) is 15.2 Å².